The van der Waals surface area contributed by atoms with E-state index < -0.39 is 24.3 Å². The monoisotopic (exact) mass is 942 g/mol. The molecule has 0 heterocycles. The molecule has 0 amide bonds. The molecule has 2 atom stereocenters. The first-order chi connectivity index (χ1) is 32.6. The Balaban J connectivity index is 4.32. The van der Waals surface area contributed by atoms with Crippen molar-refractivity contribution in [3.05, 3.63) is 60.8 Å². The van der Waals surface area contributed by atoms with E-state index in [9.17, 15) is 19.5 Å². The molecule has 0 fully saturated rings. The fraction of sp³-hybridized carbons (Fsp3) is 0.776. The van der Waals surface area contributed by atoms with Crippen molar-refractivity contribution < 1.29 is 42.9 Å². The number of aliphatic carboxylic acids is 1. The van der Waals surface area contributed by atoms with Gasteiger partial charge < -0.3 is 33.3 Å². The first-order valence-corrected chi connectivity index (χ1v) is 27.4. The molecule has 0 aromatic carbocycles. The van der Waals surface area contributed by atoms with Crippen LogP contribution in [0.2, 0.25) is 0 Å². The van der Waals surface area contributed by atoms with Crippen LogP contribution in [0.3, 0.4) is 0 Å². The second-order valence-corrected chi connectivity index (χ2v) is 19.5. The Kier molecular flexibility index (Phi) is 47.2. The van der Waals surface area contributed by atoms with Crippen LogP contribution in [0.5, 0.6) is 0 Å². The van der Waals surface area contributed by atoms with E-state index in [-0.39, 0.29) is 38.6 Å². The number of ether oxygens (including phenoxy) is 4. The van der Waals surface area contributed by atoms with Crippen LogP contribution in [-0.2, 0) is 33.3 Å². The molecule has 2 unspecified atom stereocenters. The quantitative estimate of drug-likeness (QED) is 0.0195. The van der Waals surface area contributed by atoms with Gasteiger partial charge in [0.05, 0.1) is 40.3 Å². The third kappa shape index (κ3) is 50.7. The average Bonchev–Trinajstić information content (AvgIpc) is 3.29. The molecule has 0 radical (unpaired) electrons. The second kappa shape index (κ2) is 49.4. The van der Waals surface area contributed by atoms with Gasteiger partial charge in [-0.3, -0.25) is 9.59 Å². The maximum atomic E-state index is 12.8. The number of carboxylic acid groups (broad SMARTS) is 1. The highest BCUT2D eigenvalue weighted by Gasteiger charge is 2.22. The average molecular weight is 942 g/mol. The van der Waals surface area contributed by atoms with Crippen molar-refractivity contribution in [2.45, 2.75) is 245 Å². The van der Waals surface area contributed by atoms with Crippen molar-refractivity contribution in [2.24, 2.45) is 0 Å². The van der Waals surface area contributed by atoms with E-state index in [4.69, 9.17) is 18.9 Å². The highest BCUT2D eigenvalue weighted by molar-refractivity contribution is 5.70. The number of esters is 2. The van der Waals surface area contributed by atoms with E-state index in [1.165, 1.54) is 116 Å². The van der Waals surface area contributed by atoms with Gasteiger partial charge in [0.2, 0.25) is 0 Å². The summed E-state index contributed by atoms with van der Waals surface area (Å²) in [6.45, 7) is 4.63. The van der Waals surface area contributed by atoms with E-state index in [1.54, 1.807) is 0 Å². The zero-order chi connectivity index (χ0) is 49.2. The van der Waals surface area contributed by atoms with E-state index in [2.05, 4.69) is 74.6 Å². The highest BCUT2D eigenvalue weighted by atomic mass is 16.7. The van der Waals surface area contributed by atoms with Crippen LogP contribution in [0.25, 0.3) is 0 Å². The van der Waals surface area contributed by atoms with Crippen LogP contribution in [0, 0.1) is 0 Å². The summed E-state index contributed by atoms with van der Waals surface area (Å²) in [7, 11) is 5.91. The van der Waals surface area contributed by atoms with Gasteiger partial charge in [0.1, 0.15) is 13.2 Å². The van der Waals surface area contributed by atoms with Crippen LogP contribution >= 0.6 is 0 Å². The summed E-state index contributed by atoms with van der Waals surface area (Å²) in [5.41, 5.74) is 0. The Bertz CT molecular complexity index is 1280. The molecule has 0 saturated carbocycles. The van der Waals surface area contributed by atoms with Gasteiger partial charge in [-0.1, -0.05) is 222 Å². The van der Waals surface area contributed by atoms with Crippen LogP contribution in [0.15, 0.2) is 60.8 Å². The number of carbonyl (C=O) groups excluding carboxylic acids is 3. The summed E-state index contributed by atoms with van der Waals surface area (Å²) in [6.07, 6.45) is 58.3. The summed E-state index contributed by atoms with van der Waals surface area (Å²) < 4.78 is 22.7. The molecule has 0 spiro atoms. The number of allylic oxidation sites excluding steroid dienone is 10. The number of quaternary nitrogens is 1. The lowest BCUT2D eigenvalue weighted by Crippen LogP contribution is -2.44. The Morgan fingerprint density at radius 2 is 0.851 bits per heavy atom. The molecule has 0 rings (SSSR count). The van der Waals surface area contributed by atoms with Crippen molar-refractivity contribution >= 4 is 17.9 Å². The molecule has 0 aliphatic heterocycles. The zero-order valence-corrected chi connectivity index (χ0v) is 44.0. The molecule has 9 heteroatoms. The third-order valence-electron chi connectivity index (χ3n) is 11.8. The van der Waals surface area contributed by atoms with Crippen LogP contribution in [0.1, 0.15) is 232 Å². The normalized spacial score (nSPS) is 13.3. The molecule has 0 aliphatic carbocycles. The first kappa shape index (κ1) is 64.0. The zero-order valence-electron chi connectivity index (χ0n) is 44.0. The van der Waals surface area contributed by atoms with Crippen molar-refractivity contribution in [2.75, 3.05) is 47.5 Å². The van der Waals surface area contributed by atoms with Crippen LogP contribution < -0.4 is 5.11 Å². The number of nitrogens with zero attached hydrogens (tertiary/aromatic N) is 1. The smallest absolute Gasteiger partial charge is 0.306 e. The van der Waals surface area contributed by atoms with Gasteiger partial charge in [0.15, 0.2) is 12.4 Å². The van der Waals surface area contributed by atoms with E-state index in [0.717, 1.165) is 83.5 Å². The van der Waals surface area contributed by atoms with Crippen molar-refractivity contribution in [1.29, 1.82) is 0 Å². The molecule has 0 aliphatic rings. The number of likely N-dealkylation sites (N-methyl/N-ethyl adjacent to an activating group) is 1. The maximum Gasteiger partial charge on any atom is 0.306 e. The van der Waals surface area contributed by atoms with E-state index >= 15 is 0 Å². The van der Waals surface area contributed by atoms with Crippen LogP contribution in [0.4, 0.5) is 0 Å². The minimum atomic E-state index is -1.63. The highest BCUT2D eigenvalue weighted by Crippen LogP contribution is 2.16. The van der Waals surface area contributed by atoms with Gasteiger partial charge in [-0.25, -0.2) is 0 Å². The maximum absolute atomic E-state index is 12.8. The van der Waals surface area contributed by atoms with Crippen molar-refractivity contribution in [3.63, 3.8) is 0 Å². The number of rotatable bonds is 50. The van der Waals surface area contributed by atoms with Gasteiger partial charge in [-0.15, -0.1) is 0 Å². The second-order valence-electron chi connectivity index (χ2n) is 19.5. The lowest BCUT2D eigenvalue weighted by molar-refractivity contribution is -0.870. The Morgan fingerprint density at radius 3 is 1.27 bits per heavy atom. The van der Waals surface area contributed by atoms with Gasteiger partial charge in [-0.2, -0.15) is 0 Å². The minimum absolute atomic E-state index is 0.142. The predicted molar refractivity (Wildman–Crippen MR) is 278 cm³/mol. The number of hydrogen-bond acceptors (Lipinski definition) is 8. The molecule has 0 bridgehead atoms. The SMILES string of the molecule is CC/C=C\C/C=C\C/C=C\C/C=C\C/C=C\CCCCCCCC(=O)OC(COC(=O)CCCCCCCCCCCCCCCCCCCCCCC)COC(OCC[N+](C)(C)C)C(=O)[O-]. The van der Waals surface area contributed by atoms with E-state index in [1.807, 2.05) is 21.1 Å². The summed E-state index contributed by atoms with van der Waals surface area (Å²) in [5, 5.41) is 11.8. The van der Waals surface area contributed by atoms with Crippen molar-refractivity contribution in [1.82, 2.24) is 0 Å². The Labute approximate surface area is 412 Å². The van der Waals surface area contributed by atoms with Gasteiger partial charge in [0.25, 0.3) is 0 Å². The van der Waals surface area contributed by atoms with Gasteiger partial charge in [-0.05, 0) is 57.8 Å². The molecule has 0 aromatic heterocycles. The fourth-order valence-electron chi connectivity index (χ4n) is 7.56. The van der Waals surface area contributed by atoms with Gasteiger partial charge in [0, 0.05) is 12.8 Å². The molecule has 0 saturated heterocycles. The first-order valence-electron chi connectivity index (χ1n) is 27.4. The number of carbonyl (C=O) groups is 3. The molecule has 9 nitrogen and oxygen atoms in total. The lowest BCUT2D eigenvalue weighted by Gasteiger charge is -2.26. The summed E-state index contributed by atoms with van der Waals surface area (Å²) in [6, 6.07) is 0. The summed E-state index contributed by atoms with van der Waals surface area (Å²) in [4.78, 5) is 37.2. The topological polar surface area (TPSA) is 111 Å². The Morgan fingerprint density at radius 1 is 0.463 bits per heavy atom. The van der Waals surface area contributed by atoms with Crippen LogP contribution in [-0.4, -0.2) is 82.3 Å². The molecule has 388 valence electrons. The minimum Gasteiger partial charge on any atom is -0.545 e. The van der Waals surface area contributed by atoms with Gasteiger partial charge >= 0.3 is 11.9 Å². The van der Waals surface area contributed by atoms with Crippen molar-refractivity contribution in [3.8, 4) is 0 Å². The third-order valence-corrected chi connectivity index (χ3v) is 11.8. The number of hydrogen-bond donors (Lipinski definition) is 0. The molecular weight excluding hydrogens is 839 g/mol. The Hall–Kier alpha value is -3.01. The molecule has 67 heavy (non-hydrogen) atoms. The summed E-state index contributed by atoms with van der Waals surface area (Å²) in [5.74, 6) is -2.30. The van der Waals surface area contributed by atoms with E-state index in [0.29, 0.717) is 17.4 Å². The summed E-state index contributed by atoms with van der Waals surface area (Å²) >= 11 is 0. The molecule has 0 aromatic rings. The molecule has 0 N–H and O–H groups in total. The molecular formula is C58H103NO8. The number of carboxylic acids is 1. The number of unbranched alkanes of at least 4 members (excludes halogenated alkanes) is 25. The largest absolute Gasteiger partial charge is 0.545 e. The predicted octanol–water partition coefficient (Wildman–Crippen LogP) is 14.3. The lowest BCUT2D eigenvalue weighted by atomic mass is 10.0. The standard InChI is InChI=1S/C58H103NO8/c1-6-8-10-12-14-16-18-20-22-24-26-28-30-32-34-36-38-40-42-44-46-48-55(60)65-52-54(53-66-58(57(62)63)64-51-50-59(3,4)5)67-56(61)49-47-45-43-41-39-37-35-33-31-29-27-25-23-21-19-17-15-13-11-9-7-2/h9,11,15,17,21,23,27,29,33,35,54,58H,6-8,10,12-14,16,18-20,22,24-26,28,30-32,34,36-53H2,1-5H3/b11-9-,17-15-,23-21-,29-27-,35-33-. The fourth-order valence-corrected chi connectivity index (χ4v) is 7.56.